The number of hydrogen-bond acceptors (Lipinski definition) is 4. The van der Waals surface area contributed by atoms with Crippen LogP contribution in [-0.2, 0) is 0 Å². The van der Waals surface area contributed by atoms with Crippen LogP contribution >= 0.6 is 0 Å². The van der Waals surface area contributed by atoms with Gasteiger partial charge in [0.05, 0.1) is 0 Å². The van der Waals surface area contributed by atoms with Crippen molar-refractivity contribution in [3.05, 3.63) is 18.1 Å². The standard InChI is InChI=1S/C13H22N4/c1-11(10-17-7-3-4-8-17)9-15-13-5-6-14-12(2)16-13/h5-6,11H,3-4,7-10H2,1-2H3,(H,14,15,16). The van der Waals surface area contributed by atoms with Crippen molar-refractivity contribution < 1.29 is 0 Å². The molecule has 1 aliphatic heterocycles. The van der Waals surface area contributed by atoms with Gasteiger partial charge in [0.25, 0.3) is 0 Å². The topological polar surface area (TPSA) is 41.1 Å². The van der Waals surface area contributed by atoms with Gasteiger partial charge in [-0.15, -0.1) is 0 Å². The molecular weight excluding hydrogens is 212 g/mol. The number of aromatic nitrogens is 2. The Balaban J connectivity index is 1.73. The van der Waals surface area contributed by atoms with Gasteiger partial charge in [-0.1, -0.05) is 6.92 Å². The summed E-state index contributed by atoms with van der Waals surface area (Å²) >= 11 is 0. The summed E-state index contributed by atoms with van der Waals surface area (Å²) in [5.74, 6) is 2.41. The Bertz CT molecular complexity index is 347. The van der Waals surface area contributed by atoms with E-state index >= 15 is 0 Å². The molecule has 0 radical (unpaired) electrons. The van der Waals surface area contributed by atoms with E-state index in [9.17, 15) is 0 Å². The number of rotatable bonds is 5. The number of nitrogens with zero attached hydrogens (tertiary/aromatic N) is 3. The van der Waals surface area contributed by atoms with Crippen molar-refractivity contribution in [2.75, 3.05) is 31.5 Å². The lowest BCUT2D eigenvalue weighted by Crippen LogP contribution is -2.29. The Kier molecular flexibility index (Phi) is 4.31. The maximum absolute atomic E-state index is 4.34. The molecule has 1 aromatic heterocycles. The summed E-state index contributed by atoms with van der Waals surface area (Å²) in [7, 11) is 0. The molecule has 0 amide bonds. The molecule has 0 aliphatic carbocycles. The van der Waals surface area contributed by atoms with Crippen LogP contribution in [0.1, 0.15) is 25.6 Å². The van der Waals surface area contributed by atoms with Gasteiger partial charge in [-0.3, -0.25) is 0 Å². The molecular formula is C13H22N4. The molecule has 4 heteroatoms. The fourth-order valence-corrected chi connectivity index (χ4v) is 2.30. The van der Waals surface area contributed by atoms with E-state index in [1.807, 2.05) is 13.0 Å². The van der Waals surface area contributed by atoms with Crippen LogP contribution in [0.3, 0.4) is 0 Å². The van der Waals surface area contributed by atoms with Gasteiger partial charge in [0.15, 0.2) is 0 Å². The van der Waals surface area contributed by atoms with Gasteiger partial charge in [-0.05, 0) is 44.8 Å². The van der Waals surface area contributed by atoms with Crippen molar-refractivity contribution in [2.24, 2.45) is 5.92 Å². The van der Waals surface area contributed by atoms with Crippen molar-refractivity contribution in [1.82, 2.24) is 14.9 Å². The first-order valence-electron chi connectivity index (χ1n) is 6.50. The number of nitrogens with one attached hydrogen (secondary N) is 1. The van der Waals surface area contributed by atoms with Crippen LogP contribution in [0.2, 0.25) is 0 Å². The number of likely N-dealkylation sites (tertiary alicyclic amines) is 1. The molecule has 1 atom stereocenters. The molecule has 1 saturated heterocycles. The van der Waals surface area contributed by atoms with E-state index in [1.54, 1.807) is 6.20 Å². The average Bonchev–Trinajstić information content (AvgIpc) is 2.79. The van der Waals surface area contributed by atoms with Crippen molar-refractivity contribution in [1.29, 1.82) is 0 Å². The average molecular weight is 234 g/mol. The highest BCUT2D eigenvalue weighted by Gasteiger charge is 2.14. The Hall–Kier alpha value is -1.16. The van der Waals surface area contributed by atoms with Crippen LogP contribution < -0.4 is 5.32 Å². The Labute approximate surface area is 103 Å². The minimum Gasteiger partial charge on any atom is -0.370 e. The van der Waals surface area contributed by atoms with E-state index in [2.05, 4.69) is 27.1 Å². The van der Waals surface area contributed by atoms with Crippen molar-refractivity contribution >= 4 is 5.82 Å². The smallest absolute Gasteiger partial charge is 0.129 e. The Morgan fingerprint density at radius 3 is 2.88 bits per heavy atom. The van der Waals surface area contributed by atoms with Crippen molar-refractivity contribution in [3.63, 3.8) is 0 Å². The van der Waals surface area contributed by atoms with E-state index in [-0.39, 0.29) is 0 Å². The fraction of sp³-hybridized carbons (Fsp3) is 0.692. The van der Waals surface area contributed by atoms with Crippen LogP contribution in [-0.4, -0.2) is 41.0 Å². The zero-order valence-electron chi connectivity index (χ0n) is 10.8. The maximum atomic E-state index is 4.34. The Morgan fingerprint density at radius 2 is 2.18 bits per heavy atom. The molecule has 1 N–H and O–H groups in total. The maximum Gasteiger partial charge on any atom is 0.129 e. The number of hydrogen-bond donors (Lipinski definition) is 1. The van der Waals surface area contributed by atoms with E-state index < -0.39 is 0 Å². The van der Waals surface area contributed by atoms with E-state index in [4.69, 9.17) is 0 Å². The van der Waals surface area contributed by atoms with Crippen LogP contribution in [0.25, 0.3) is 0 Å². The molecule has 4 nitrogen and oxygen atoms in total. The van der Waals surface area contributed by atoms with Gasteiger partial charge in [0.2, 0.25) is 0 Å². The summed E-state index contributed by atoms with van der Waals surface area (Å²) in [6.07, 6.45) is 4.53. The quantitative estimate of drug-likeness (QED) is 0.845. The van der Waals surface area contributed by atoms with Crippen LogP contribution in [0.5, 0.6) is 0 Å². The van der Waals surface area contributed by atoms with Crippen LogP contribution in [0, 0.1) is 12.8 Å². The highest BCUT2D eigenvalue weighted by Crippen LogP contribution is 2.11. The third-order valence-electron chi connectivity index (χ3n) is 3.18. The third-order valence-corrected chi connectivity index (χ3v) is 3.18. The zero-order valence-corrected chi connectivity index (χ0v) is 10.8. The lowest BCUT2D eigenvalue weighted by atomic mass is 10.1. The molecule has 1 unspecified atom stereocenters. The van der Waals surface area contributed by atoms with E-state index in [0.29, 0.717) is 5.92 Å². The van der Waals surface area contributed by atoms with Crippen molar-refractivity contribution in [2.45, 2.75) is 26.7 Å². The fourth-order valence-electron chi connectivity index (χ4n) is 2.30. The molecule has 2 rings (SSSR count). The first kappa shape index (κ1) is 12.3. The van der Waals surface area contributed by atoms with Crippen molar-refractivity contribution in [3.8, 4) is 0 Å². The van der Waals surface area contributed by atoms with Gasteiger partial charge in [0, 0.05) is 19.3 Å². The van der Waals surface area contributed by atoms with Gasteiger partial charge in [-0.25, -0.2) is 9.97 Å². The predicted octanol–water partition coefficient (Wildman–Crippen LogP) is 1.93. The Morgan fingerprint density at radius 1 is 1.41 bits per heavy atom. The summed E-state index contributed by atoms with van der Waals surface area (Å²) in [5, 5.41) is 3.38. The first-order valence-corrected chi connectivity index (χ1v) is 6.50. The highest BCUT2D eigenvalue weighted by molar-refractivity contribution is 5.32. The number of aryl methyl sites for hydroxylation is 1. The van der Waals surface area contributed by atoms with Crippen LogP contribution in [0.15, 0.2) is 12.3 Å². The zero-order chi connectivity index (χ0) is 12.1. The van der Waals surface area contributed by atoms with Gasteiger partial charge >= 0.3 is 0 Å². The molecule has 0 aromatic carbocycles. The van der Waals surface area contributed by atoms with Gasteiger partial charge in [0.1, 0.15) is 11.6 Å². The first-order chi connectivity index (χ1) is 8.24. The lowest BCUT2D eigenvalue weighted by molar-refractivity contribution is 0.294. The minimum absolute atomic E-state index is 0.656. The molecule has 0 bridgehead atoms. The largest absolute Gasteiger partial charge is 0.370 e. The third kappa shape index (κ3) is 3.97. The van der Waals surface area contributed by atoms with E-state index in [1.165, 1.54) is 32.5 Å². The molecule has 94 valence electrons. The molecule has 1 fully saturated rings. The summed E-state index contributed by atoms with van der Waals surface area (Å²) in [5.41, 5.74) is 0. The summed E-state index contributed by atoms with van der Waals surface area (Å²) in [6, 6.07) is 1.93. The predicted molar refractivity (Wildman–Crippen MR) is 70.1 cm³/mol. The molecule has 0 spiro atoms. The van der Waals surface area contributed by atoms with Gasteiger partial charge in [-0.2, -0.15) is 0 Å². The summed E-state index contributed by atoms with van der Waals surface area (Å²) in [6.45, 7) is 8.93. The molecule has 1 aliphatic rings. The number of anilines is 1. The second-order valence-electron chi connectivity index (χ2n) is 4.98. The normalized spacial score (nSPS) is 18.2. The molecule has 17 heavy (non-hydrogen) atoms. The second kappa shape index (κ2) is 5.96. The molecule has 1 aromatic rings. The van der Waals surface area contributed by atoms with Crippen LogP contribution in [0.4, 0.5) is 5.82 Å². The minimum atomic E-state index is 0.656. The SMILES string of the molecule is Cc1nccc(NCC(C)CN2CCCC2)n1. The monoisotopic (exact) mass is 234 g/mol. The highest BCUT2D eigenvalue weighted by atomic mass is 15.1. The second-order valence-corrected chi connectivity index (χ2v) is 4.98. The summed E-state index contributed by atoms with van der Waals surface area (Å²) < 4.78 is 0. The van der Waals surface area contributed by atoms with Gasteiger partial charge < -0.3 is 10.2 Å². The molecule has 2 heterocycles. The van der Waals surface area contributed by atoms with E-state index in [0.717, 1.165) is 18.2 Å². The summed E-state index contributed by atoms with van der Waals surface area (Å²) in [4.78, 5) is 11.0. The lowest BCUT2D eigenvalue weighted by Gasteiger charge is -2.20. The molecule has 0 saturated carbocycles.